The molecule has 2 rings (SSSR count). The second-order valence-electron chi connectivity index (χ2n) is 4.31. The number of sulfonamides is 1. The lowest BCUT2D eigenvalue weighted by Crippen LogP contribution is -2.29. The van der Waals surface area contributed by atoms with Crippen molar-refractivity contribution in [3.63, 3.8) is 0 Å². The van der Waals surface area contributed by atoms with Crippen LogP contribution in [-0.2, 0) is 10.0 Å². The third-order valence-corrected chi connectivity index (χ3v) is 6.71. The summed E-state index contributed by atoms with van der Waals surface area (Å²) in [6.07, 6.45) is 0. The molecule has 0 fully saturated rings. The standard InChI is InChI=1S/C13H13ClFNO2S2/c1-9(10-3-5-11(15)6-4-10)16(2)20(17,18)13-8-7-12(14)19-13/h3-9H,1-2H3. The van der Waals surface area contributed by atoms with Crippen molar-refractivity contribution in [2.45, 2.75) is 17.2 Å². The molecule has 20 heavy (non-hydrogen) atoms. The fourth-order valence-electron chi connectivity index (χ4n) is 1.74. The summed E-state index contributed by atoms with van der Waals surface area (Å²) in [7, 11) is -2.10. The van der Waals surface area contributed by atoms with Crippen LogP contribution in [0.2, 0.25) is 4.34 Å². The van der Waals surface area contributed by atoms with Gasteiger partial charge < -0.3 is 0 Å². The van der Waals surface area contributed by atoms with E-state index < -0.39 is 16.1 Å². The third kappa shape index (κ3) is 3.03. The van der Waals surface area contributed by atoms with Crippen molar-refractivity contribution >= 4 is 33.0 Å². The summed E-state index contributed by atoms with van der Waals surface area (Å²) in [5, 5.41) is 0. The second-order valence-corrected chi connectivity index (χ2v) is 8.25. The van der Waals surface area contributed by atoms with Crippen LogP contribution in [0.4, 0.5) is 4.39 Å². The molecule has 0 saturated carbocycles. The van der Waals surface area contributed by atoms with E-state index in [1.165, 1.54) is 29.6 Å². The van der Waals surface area contributed by atoms with Crippen LogP contribution in [0.1, 0.15) is 18.5 Å². The van der Waals surface area contributed by atoms with E-state index in [1.807, 2.05) is 0 Å². The molecule has 3 nitrogen and oxygen atoms in total. The van der Waals surface area contributed by atoms with Crippen LogP contribution in [0.15, 0.2) is 40.6 Å². The largest absolute Gasteiger partial charge is 0.252 e. The number of hydrogen-bond acceptors (Lipinski definition) is 3. The molecular weight excluding hydrogens is 321 g/mol. The van der Waals surface area contributed by atoms with Gasteiger partial charge in [-0.3, -0.25) is 0 Å². The zero-order valence-electron chi connectivity index (χ0n) is 10.9. The van der Waals surface area contributed by atoms with Gasteiger partial charge in [0.25, 0.3) is 10.0 Å². The third-order valence-electron chi connectivity index (χ3n) is 3.08. The van der Waals surface area contributed by atoms with Crippen molar-refractivity contribution in [2.24, 2.45) is 0 Å². The Morgan fingerprint density at radius 3 is 2.30 bits per heavy atom. The molecule has 1 atom stereocenters. The van der Waals surface area contributed by atoms with Crippen molar-refractivity contribution in [1.29, 1.82) is 0 Å². The first-order chi connectivity index (χ1) is 9.32. The Kier molecular flexibility index (Phi) is 4.49. The Bertz CT molecular complexity index is 697. The van der Waals surface area contributed by atoms with Crippen LogP contribution >= 0.6 is 22.9 Å². The Morgan fingerprint density at radius 2 is 1.80 bits per heavy atom. The maximum Gasteiger partial charge on any atom is 0.252 e. The van der Waals surface area contributed by atoms with E-state index in [4.69, 9.17) is 11.6 Å². The zero-order chi connectivity index (χ0) is 14.9. The summed E-state index contributed by atoms with van der Waals surface area (Å²) < 4.78 is 39.6. The molecule has 0 radical (unpaired) electrons. The molecule has 2 aromatic rings. The van der Waals surface area contributed by atoms with Gasteiger partial charge in [-0.15, -0.1) is 11.3 Å². The normalized spacial score (nSPS) is 13.7. The van der Waals surface area contributed by atoms with Crippen LogP contribution in [0.5, 0.6) is 0 Å². The molecule has 0 aliphatic rings. The van der Waals surface area contributed by atoms with E-state index in [0.29, 0.717) is 4.34 Å². The maximum absolute atomic E-state index is 12.9. The van der Waals surface area contributed by atoms with Crippen molar-refractivity contribution in [1.82, 2.24) is 4.31 Å². The minimum atomic E-state index is -3.60. The summed E-state index contributed by atoms with van der Waals surface area (Å²) >= 11 is 6.79. The Hall–Kier alpha value is -0.950. The highest BCUT2D eigenvalue weighted by Crippen LogP contribution is 2.31. The average Bonchev–Trinajstić information content (AvgIpc) is 2.85. The number of rotatable bonds is 4. The maximum atomic E-state index is 12.9. The average molecular weight is 334 g/mol. The van der Waals surface area contributed by atoms with E-state index >= 15 is 0 Å². The van der Waals surface area contributed by atoms with Gasteiger partial charge in [-0.25, -0.2) is 12.8 Å². The van der Waals surface area contributed by atoms with Crippen molar-refractivity contribution in [2.75, 3.05) is 7.05 Å². The lowest BCUT2D eigenvalue weighted by molar-refractivity contribution is 0.399. The smallest absolute Gasteiger partial charge is 0.207 e. The van der Waals surface area contributed by atoms with Gasteiger partial charge in [-0.2, -0.15) is 4.31 Å². The number of thiophene rings is 1. The highest BCUT2D eigenvalue weighted by atomic mass is 35.5. The fraction of sp³-hybridized carbons (Fsp3) is 0.231. The molecule has 7 heteroatoms. The molecule has 1 aromatic heterocycles. The molecule has 0 bridgehead atoms. The second kappa shape index (κ2) is 5.81. The minimum absolute atomic E-state index is 0.193. The predicted molar refractivity (Wildman–Crippen MR) is 79.1 cm³/mol. The lowest BCUT2D eigenvalue weighted by atomic mass is 10.1. The van der Waals surface area contributed by atoms with Crippen LogP contribution in [-0.4, -0.2) is 19.8 Å². The van der Waals surface area contributed by atoms with Crippen LogP contribution < -0.4 is 0 Å². The van der Waals surface area contributed by atoms with Gasteiger partial charge in [0.15, 0.2) is 0 Å². The molecule has 0 spiro atoms. The van der Waals surface area contributed by atoms with E-state index in [2.05, 4.69) is 0 Å². The number of hydrogen-bond donors (Lipinski definition) is 0. The molecule has 0 aliphatic carbocycles. The molecule has 1 aromatic carbocycles. The highest BCUT2D eigenvalue weighted by molar-refractivity contribution is 7.91. The first kappa shape index (κ1) is 15.4. The lowest BCUT2D eigenvalue weighted by Gasteiger charge is -2.24. The molecule has 0 amide bonds. The summed E-state index contributed by atoms with van der Waals surface area (Å²) in [4.78, 5) is 0. The van der Waals surface area contributed by atoms with Crippen LogP contribution in [0.25, 0.3) is 0 Å². The molecule has 1 heterocycles. The highest BCUT2D eigenvalue weighted by Gasteiger charge is 2.27. The monoisotopic (exact) mass is 333 g/mol. The summed E-state index contributed by atoms with van der Waals surface area (Å²) in [6, 6.07) is 8.41. The number of nitrogens with zero attached hydrogens (tertiary/aromatic N) is 1. The summed E-state index contributed by atoms with van der Waals surface area (Å²) in [6.45, 7) is 1.75. The van der Waals surface area contributed by atoms with Gasteiger partial charge in [0.2, 0.25) is 0 Å². The molecule has 0 N–H and O–H groups in total. The van der Waals surface area contributed by atoms with E-state index in [9.17, 15) is 12.8 Å². The molecule has 1 unspecified atom stereocenters. The minimum Gasteiger partial charge on any atom is -0.207 e. The van der Waals surface area contributed by atoms with Gasteiger partial charge >= 0.3 is 0 Å². The van der Waals surface area contributed by atoms with Crippen LogP contribution in [0.3, 0.4) is 0 Å². The van der Waals surface area contributed by atoms with Crippen molar-refractivity contribution in [3.8, 4) is 0 Å². The Labute approximate surface area is 126 Å². The SMILES string of the molecule is CC(c1ccc(F)cc1)N(C)S(=O)(=O)c1ccc(Cl)s1. The summed E-state index contributed by atoms with van der Waals surface area (Å²) in [5.41, 5.74) is 0.722. The topological polar surface area (TPSA) is 37.4 Å². The quantitative estimate of drug-likeness (QED) is 0.850. The zero-order valence-corrected chi connectivity index (χ0v) is 13.3. The van der Waals surface area contributed by atoms with Gasteiger partial charge in [0.1, 0.15) is 10.0 Å². The molecule has 108 valence electrons. The van der Waals surface area contributed by atoms with Gasteiger partial charge in [-0.05, 0) is 36.8 Å². The molecule has 0 aliphatic heterocycles. The van der Waals surface area contributed by atoms with Gasteiger partial charge in [-0.1, -0.05) is 23.7 Å². The molecule has 0 saturated heterocycles. The van der Waals surface area contributed by atoms with E-state index in [1.54, 1.807) is 25.1 Å². The molecular formula is C13H13ClFNO2S2. The number of benzene rings is 1. The first-order valence-electron chi connectivity index (χ1n) is 5.81. The first-order valence-corrected chi connectivity index (χ1v) is 8.44. The van der Waals surface area contributed by atoms with Crippen molar-refractivity contribution < 1.29 is 12.8 Å². The van der Waals surface area contributed by atoms with Gasteiger partial charge in [0.05, 0.1) is 4.34 Å². The number of halogens is 2. The van der Waals surface area contributed by atoms with Crippen molar-refractivity contribution in [3.05, 3.63) is 52.1 Å². The van der Waals surface area contributed by atoms with Gasteiger partial charge in [0, 0.05) is 13.1 Å². The summed E-state index contributed by atoms with van der Waals surface area (Å²) in [5.74, 6) is -0.350. The fourth-order valence-corrected chi connectivity index (χ4v) is 4.76. The van der Waals surface area contributed by atoms with E-state index in [-0.39, 0.29) is 10.0 Å². The predicted octanol–water partition coefficient (Wildman–Crippen LogP) is 3.92. The van der Waals surface area contributed by atoms with E-state index in [0.717, 1.165) is 16.9 Å². The van der Waals surface area contributed by atoms with Crippen LogP contribution in [0, 0.1) is 5.82 Å². The Balaban J connectivity index is 2.30. The Morgan fingerprint density at radius 1 is 1.20 bits per heavy atom.